The lowest BCUT2D eigenvalue weighted by atomic mass is 10.0. The number of nitrogens with zero attached hydrogens (tertiary/aromatic N) is 1. The molecule has 1 aromatic carbocycles. The van der Waals surface area contributed by atoms with Crippen molar-refractivity contribution in [2.75, 3.05) is 30.5 Å². The Hall–Kier alpha value is -2.24. The average Bonchev–Trinajstić information content (AvgIpc) is 2.39. The molecular weight excluding hydrogens is 256 g/mol. The standard InChI is InChI=1S/C14H20N4O2/c1-8(14(20)18(2)3)16-12-7-11-9(6-10(12)15)4-5-13(19)17-11/h6-8,16H,4-5,15H2,1-3H3,(H,17,19). The monoisotopic (exact) mass is 276 g/mol. The van der Waals surface area contributed by atoms with Crippen molar-refractivity contribution in [2.45, 2.75) is 25.8 Å². The molecule has 0 saturated heterocycles. The number of aryl methyl sites for hydroxylation is 1. The lowest BCUT2D eigenvalue weighted by molar-refractivity contribution is -0.129. The van der Waals surface area contributed by atoms with E-state index < -0.39 is 0 Å². The van der Waals surface area contributed by atoms with E-state index in [-0.39, 0.29) is 17.9 Å². The highest BCUT2D eigenvalue weighted by Gasteiger charge is 2.19. The zero-order valence-corrected chi connectivity index (χ0v) is 12.0. The summed E-state index contributed by atoms with van der Waals surface area (Å²) in [5, 5.41) is 5.91. The van der Waals surface area contributed by atoms with Crippen LogP contribution in [0.15, 0.2) is 12.1 Å². The maximum Gasteiger partial charge on any atom is 0.244 e. The first-order valence-corrected chi connectivity index (χ1v) is 6.58. The van der Waals surface area contributed by atoms with Crippen LogP contribution in [-0.2, 0) is 16.0 Å². The molecule has 20 heavy (non-hydrogen) atoms. The highest BCUT2D eigenvalue weighted by molar-refractivity contribution is 5.96. The van der Waals surface area contributed by atoms with Crippen LogP contribution < -0.4 is 16.4 Å². The summed E-state index contributed by atoms with van der Waals surface area (Å²) in [6.07, 6.45) is 1.17. The molecule has 0 saturated carbocycles. The van der Waals surface area contributed by atoms with E-state index in [4.69, 9.17) is 5.73 Å². The van der Waals surface area contributed by atoms with Gasteiger partial charge in [0.1, 0.15) is 6.04 Å². The number of nitrogens with one attached hydrogen (secondary N) is 2. The molecule has 2 rings (SSSR count). The molecule has 0 radical (unpaired) electrons. The van der Waals surface area contributed by atoms with Gasteiger partial charge in [-0.25, -0.2) is 0 Å². The van der Waals surface area contributed by atoms with Gasteiger partial charge < -0.3 is 21.3 Å². The van der Waals surface area contributed by atoms with E-state index in [0.29, 0.717) is 24.2 Å². The van der Waals surface area contributed by atoms with E-state index in [1.165, 1.54) is 4.90 Å². The molecule has 1 atom stereocenters. The molecule has 1 aliphatic rings. The van der Waals surface area contributed by atoms with Crippen LogP contribution in [0.2, 0.25) is 0 Å². The smallest absolute Gasteiger partial charge is 0.244 e. The molecule has 4 N–H and O–H groups in total. The van der Waals surface area contributed by atoms with E-state index in [9.17, 15) is 9.59 Å². The van der Waals surface area contributed by atoms with Gasteiger partial charge in [-0.3, -0.25) is 9.59 Å². The Labute approximate surface area is 118 Å². The van der Waals surface area contributed by atoms with Gasteiger partial charge in [0.25, 0.3) is 0 Å². The van der Waals surface area contributed by atoms with Crippen LogP contribution in [0.5, 0.6) is 0 Å². The third-order valence-corrected chi connectivity index (χ3v) is 3.35. The van der Waals surface area contributed by atoms with E-state index in [0.717, 1.165) is 11.3 Å². The van der Waals surface area contributed by atoms with Gasteiger partial charge in [-0.05, 0) is 31.0 Å². The van der Waals surface area contributed by atoms with E-state index in [2.05, 4.69) is 10.6 Å². The van der Waals surface area contributed by atoms with Crippen LogP contribution in [0.25, 0.3) is 0 Å². The number of hydrogen-bond acceptors (Lipinski definition) is 4. The number of likely N-dealkylation sites (N-methyl/N-ethyl adjacent to an activating group) is 1. The van der Waals surface area contributed by atoms with Crippen molar-refractivity contribution in [1.29, 1.82) is 0 Å². The number of nitrogen functional groups attached to an aromatic ring is 1. The Morgan fingerprint density at radius 3 is 2.75 bits per heavy atom. The lowest BCUT2D eigenvalue weighted by Gasteiger charge is -2.23. The average molecular weight is 276 g/mol. The van der Waals surface area contributed by atoms with Gasteiger partial charge in [0.2, 0.25) is 11.8 Å². The summed E-state index contributed by atoms with van der Waals surface area (Å²) in [5.41, 5.74) is 9.04. The van der Waals surface area contributed by atoms with Crippen LogP contribution in [0.3, 0.4) is 0 Å². The second kappa shape index (κ2) is 5.40. The van der Waals surface area contributed by atoms with Crippen LogP contribution in [0, 0.1) is 0 Å². The van der Waals surface area contributed by atoms with Crippen LogP contribution in [0.1, 0.15) is 18.9 Å². The minimum Gasteiger partial charge on any atom is -0.397 e. The molecule has 1 aromatic rings. The predicted molar refractivity (Wildman–Crippen MR) is 79.6 cm³/mol. The number of fused-ring (bicyclic) bond motifs is 1. The van der Waals surface area contributed by atoms with Crippen LogP contribution >= 0.6 is 0 Å². The fourth-order valence-electron chi connectivity index (χ4n) is 2.25. The summed E-state index contributed by atoms with van der Waals surface area (Å²) in [7, 11) is 3.41. The molecule has 0 aromatic heterocycles. The first-order chi connectivity index (χ1) is 9.38. The Morgan fingerprint density at radius 1 is 1.40 bits per heavy atom. The Balaban J connectivity index is 2.22. The second-order valence-corrected chi connectivity index (χ2v) is 5.24. The number of carbonyl (C=O) groups is 2. The van der Waals surface area contributed by atoms with E-state index >= 15 is 0 Å². The number of benzene rings is 1. The van der Waals surface area contributed by atoms with Crippen molar-refractivity contribution >= 4 is 28.9 Å². The fraction of sp³-hybridized carbons (Fsp3) is 0.429. The maximum absolute atomic E-state index is 11.9. The number of rotatable bonds is 3. The maximum atomic E-state index is 11.9. The third kappa shape index (κ3) is 2.84. The van der Waals surface area contributed by atoms with Crippen molar-refractivity contribution in [3.63, 3.8) is 0 Å². The summed E-state index contributed by atoms with van der Waals surface area (Å²) in [6.45, 7) is 1.78. The summed E-state index contributed by atoms with van der Waals surface area (Å²) < 4.78 is 0. The SMILES string of the molecule is CC(Nc1cc2c(cc1N)CCC(=O)N2)C(=O)N(C)C. The molecule has 0 aliphatic carbocycles. The molecular formula is C14H20N4O2. The molecule has 1 unspecified atom stereocenters. The minimum absolute atomic E-state index is 0.00522. The van der Waals surface area contributed by atoms with Crippen molar-refractivity contribution in [3.05, 3.63) is 17.7 Å². The first-order valence-electron chi connectivity index (χ1n) is 6.58. The zero-order valence-electron chi connectivity index (χ0n) is 12.0. The minimum atomic E-state index is -0.385. The van der Waals surface area contributed by atoms with Crippen molar-refractivity contribution < 1.29 is 9.59 Å². The number of nitrogens with two attached hydrogens (primary N) is 1. The molecule has 1 heterocycles. The van der Waals surface area contributed by atoms with Crippen LogP contribution in [-0.4, -0.2) is 36.9 Å². The quantitative estimate of drug-likeness (QED) is 0.720. The molecule has 0 fully saturated rings. The molecule has 0 bridgehead atoms. The van der Waals surface area contributed by atoms with Gasteiger partial charge in [0, 0.05) is 26.2 Å². The summed E-state index contributed by atoms with van der Waals surface area (Å²) >= 11 is 0. The Bertz CT molecular complexity index is 554. The van der Waals surface area contributed by atoms with Crippen molar-refractivity contribution in [3.8, 4) is 0 Å². The van der Waals surface area contributed by atoms with Gasteiger partial charge in [0.15, 0.2) is 0 Å². The largest absolute Gasteiger partial charge is 0.397 e. The number of anilines is 3. The predicted octanol–water partition coefficient (Wildman–Crippen LogP) is 1.04. The highest BCUT2D eigenvalue weighted by atomic mass is 16.2. The topological polar surface area (TPSA) is 87.5 Å². The van der Waals surface area contributed by atoms with Gasteiger partial charge in [-0.15, -0.1) is 0 Å². The summed E-state index contributed by atoms with van der Waals surface area (Å²) in [4.78, 5) is 24.8. The molecule has 0 spiro atoms. The van der Waals surface area contributed by atoms with Gasteiger partial charge in [0.05, 0.1) is 11.4 Å². The summed E-state index contributed by atoms with van der Waals surface area (Å²) in [6, 6.07) is 3.26. The zero-order chi connectivity index (χ0) is 14.9. The molecule has 6 heteroatoms. The molecule has 2 amide bonds. The van der Waals surface area contributed by atoms with Crippen molar-refractivity contribution in [2.24, 2.45) is 0 Å². The van der Waals surface area contributed by atoms with Gasteiger partial charge in [-0.1, -0.05) is 0 Å². The number of amides is 2. The Kier molecular flexibility index (Phi) is 3.83. The van der Waals surface area contributed by atoms with Gasteiger partial charge >= 0.3 is 0 Å². The van der Waals surface area contributed by atoms with Crippen LogP contribution in [0.4, 0.5) is 17.1 Å². The molecule has 108 valence electrons. The normalized spacial score (nSPS) is 15.1. The Morgan fingerprint density at radius 2 is 2.10 bits per heavy atom. The van der Waals surface area contributed by atoms with E-state index in [1.54, 1.807) is 27.1 Å². The van der Waals surface area contributed by atoms with E-state index in [1.807, 2.05) is 6.07 Å². The second-order valence-electron chi connectivity index (χ2n) is 5.24. The fourth-order valence-corrected chi connectivity index (χ4v) is 2.25. The highest BCUT2D eigenvalue weighted by Crippen LogP contribution is 2.31. The lowest BCUT2D eigenvalue weighted by Crippen LogP contribution is -2.36. The molecule has 1 aliphatic heterocycles. The molecule has 6 nitrogen and oxygen atoms in total. The summed E-state index contributed by atoms with van der Waals surface area (Å²) in [5.74, 6) is -0.0307. The number of carbonyl (C=O) groups excluding carboxylic acids is 2. The van der Waals surface area contributed by atoms with Gasteiger partial charge in [-0.2, -0.15) is 0 Å². The number of hydrogen-bond donors (Lipinski definition) is 3. The first kappa shape index (κ1) is 14.2. The third-order valence-electron chi connectivity index (χ3n) is 3.35. The van der Waals surface area contributed by atoms with Crippen molar-refractivity contribution in [1.82, 2.24) is 4.90 Å².